The van der Waals surface area contributed by atoms with Gasteiger partial charge in [-0.25, -0.2) is 0 Å². The number of rotatable bonds is 5. The molecule has 172 valence electrons. The number of nitro groups is 1. The lowest BCUT2D eigenvalue weighted by atomic mass is 9.92. The van der Waals surface area contributed by atoms with Crippen LogP contribution in [0.4, 0.5) is 18.9 Å². The van der Waals surface area contributed by atoms with E-state index in [0.29, 0.717) is 13.1 Å². The van der Waals surface area contributed by atoms with Gasteiger partial charge in [-0.3, -0.25) is 14.9 Å². The first kappa shape index (κ1) is 23.3. The number of likely N-dealkylation sites (N-methyl/N-ethyl adjacent to an activating group) is 1. The van der Waals surface area contributed by atoms with Crippen LogP contribution in [0.2, 0.25) is 0 Å². The van der Waals surface area contributed by atoms with Gasteiger partial charge in [0.25, 0.3) is 5.91 Å². The Labute approximate surface area is 182 Å². The van der Waals surface area contributed by atoms with E-state index in [1.54, 1.807) is 0 Å². The minimum Gasteiger partial charge on any atom is -0.490 e. The second-order valence-corrected chi connectivity index (χ2v) is 7.54. The summed E-state index contributed by atoms with van der Waals surface area (Å²) in [5.74, 6) is -2.68. The molecule has 1 aromatic rings. The van der Waals surface area contributed by atoms with E-state index in [9.17, 15) is 28.1 Å². The number of hydrogen-bond donors (Lipinski definition) is 1. The number of piperazine rings is 1. The van der Waals surface area contributed by atoms with Crippen LogP contribution in [0.1, 0.15) is 10.4 Å². The summed E-state index contributed by atoms with van der Waals surface area (Å²) < 4.78 is 46.0. The maximum Gasteiger partial charge on any atom is 0.399 e. The Balaban J connectivity index is 1.80. The van der Waals surface area contributed by atoms with E-state index in [4.69, 9.17) is 4.74 Å². The van der Waals surface area contributed by atoms with Crippen molar-refractivity contribution in [3.63, 3.8) is 0 Å². The average Bonchev–Trinajstić information content (AvgIpc) is 2.75. The van der Waals surface area contributed by atoms with Crippen molar-refractivity contribution < 1.29 is 27.6 Å². The second kappa shape index (κ2) is 9.43. The molecule has 1 heterocycles. The van der Waals surface area contributed by atoms with Crippen molar-refractivity contribution in [3.05, 3.63) is 69.6 Å². The van der Waals surface area contributed by atoms with Crippen LogP contribution < -0.4 is 10.1 Å². The molecule has 0 aromatic heterocycles. The van der Waals surface area contributed by atoms with Gasteiger partial charge in [0.05, 0.1) is 12.0 Å². The van der Waals surface area contributed by atoms with Crippen LogP contribution in [-0.4, -0.2) is 67.1 Å². The summed E-state index contributed by atoms with van der Waals surface area (Å²) >= 11 is 0. The smallest absolute Gasteiger partial charge is 0.399 e. The van der Waals surface area contributed by atoms with E-state index < -0.39 is 28.6 Å². The number of ether oxygens (including phenoxy) is 1. The molecule has 1 atom stereocenters. The molecule has 3 rings (SSSR count). The van der Waals surface area contributed by atoms with E-state index in [0.717, 1.165) is 25.2 Å². The molecule has 0 bridgehead atoms. The highest BCUT2D eigenvalue weighted by molar-refractivity contribution is 5.96. The molecule has 1 fully saturated rings. The molecular weight excluding hydrogens is 429 g/mol. The minimum atomic E-state index is -4.54. The summed E-state index contributed by atoms with van der Waals surface area (Å²) in [6, 6.07) is 3.57. The molecule has 0 radical (unpaired) electrons. The van der Waals surface area contributed by atoms with Crippen molar-refractivity contribution in [1.82, 2.24) is 15.1 Å². The highest BCUT2D eigenvalue weighted by Crippen LogP contribution is 2.37. The highest BCUT2D eigenvalue weighted by atomic mass is 19.4. The van der Waals surface area contributed by atoms with Crippen LogP contribution in [0.3, 0.4) is 0 Å². The lowest BCUT2D eigenvalue weighted by Crippen LogP contribution is -2.42. The van der Waals surface area contributed by atoms with E-state index in [1.165, 1.54) is 37.6 Å². The van der Waals surface area contributed by atoms with Gasteiger partial charge in [0.1, 0.15) is 5.92 Å². The van der Waals surface area contributed by atoms with Gasteiger partial charge in [0, 0.05) is 49.7 Å². The van der Waals surface area contributed by atoms with Crippen LogP contribution in [0, 0.1) is 16.0 Å². The first-order valence-electron chi connectivity index (χ1n) is 9.83. The number of carbonyl (C=O) groups excluding carboxylic acids is 1. The molecule has 1 aliphatic heterocycles. The summed E-state index contributed by atoms with van der Waals surface area (Å²) in [4.78, 5) is 26.9. The van der Waals surface area contributed by atoms with Gasteiger partial charge in [-0.05, 0) is 36.9 Å². The Morgan fingerprint density at radius 3 is 2.53 bits per heavy atom. The number of halogens is 3. The number of methoxy groups -OCH3 is 1. The number of alkyl halides is 3. The molecule has 32 heavy (non-hydrogen) atoms. The third kappa shape index (κ3) is 5.47. The first-order valence-corrected chi connectivity index (χ1v) is 9.83. The fourth-order valence-corrected chi connectivity index (χ4v) is 3.45. The summed E-state index contributed by atoms with van der Waals surface area (Å²) in [6.45, 7) is 2.77. The summed E-state index contributed by atoms with van der Waals surface area (Å²) in [5, 5.41) is 13.5. The summed E-state index contributed by atoms with van der Waals surface area (Å²) in [7, 11) is 3.21. The monoisotopic (exact) mass is 452 g/mol. The van der Waals surface area contributed by atoms with Crippen LogP contribution in [0.15, 0.2) is 53.9 Å². The number of nitro benzene ring substituents is 1. The lowest BCUT2D eigenvalue weighted by Gasteiger charge is -2.33. The molecule has 1 aliphatic carbocycles. The lowest BCUT2D eigenvalue weighted by molar-refractivity contribution is -0.385. The van der Waals surface area contributed by atoms with Gasteiger partial charge >= 0.3 is 11.9 Å². The molecule has 1 aromatic carbocycles. The maximum atomic E-state index is 13.7. The van der Waals surface area contributed by atoms with Crippen LogP contribution in [-0.2, 0) is 0 Å². The number of allylic oxidation sites excluding steroid dienone is 4. The zero-order valence-electron chi connectivity index (χ0n) is 17.6. The average molecular weight is 452 g/mol. The van der Waals surface area contributed by atoms with E-state index in [2.05, 4.69) is 10.2 Å². The van der Waals surface area contributed by atoms with Crippen molar-refractivity contribution >= 4 is 11.6 Å². The largest absolute Gasteiger partial charge is 0.490 e. The van der Waals surface area contributed by atoms with Crippen molar-refractivity contribution in [2.75, 3.05) is 40.3 Å². The SMILES string of the molecule is COc1ccc(C(=O)NC2=CC(C(F)(F)F)C(=CN3CCN(C)CC3)C=C2)cc1[N+](=O)[O-]. The number of nitrogens with zero attached hydrogens (tertiary/aromatic N) is 3. The number of carbonyl (C=O) groups is 1. The van der Waals surface area contributed by atoms with Crippen molar-refractivity contribution in [2.45, 2.75) is 6.18 Å². The van der Waals surface area contributed by atoms with Gasteiger partial charge in [-0.1, -0.05) is 6.08 Å². The molecule has 1 N–H and O–H groups in total. The fraction of sp³-hybridized carbons (Fsp3) is 0.381. The normalized spacial score (nSPS) is 20.8. The zero-order valence-corrected chi connectivity index (χ0v) is 17.6. The topological polar surface area (TPSA) is 88.0 Å². The van der Waals surface area contributed by atoms with Crippen molar-refractivity contribution in [2.24, 2.45) is 5.92 Å². The van der Waals surface area contributed by atoms with Crippen LogP contribution in [0.5, 0.6) is 5.75 Å². The number of amides is 1. The maximum absolute atomic E-state index is 13.7. The predicted molar refractivity (Wildman–Crippen MR) is 111 cm³/mol. The van der Waals surface area contributed by atoms with Gasteiger partial charge in [0.2, 0.25) is 0 Å². The first-order chi connectivity index (χ1) is 15.1. The zero-order chi connectivity index (χ0) is 23.5. The third-order valence-corrected chi connectivity index (χ3v) is 5.28. The molecule has 11 heteroatoms. The van der Waals surface area contributed by atoms with E-state index in [1.807, 2.05) is 11.9 Å². The molecule has 1 saturated heterocycles. The van der Waals surface area contributed by atoms with Gasteiger partial charge in [-0.2, -0.15) is 13.2 Å². The quantitative estimate of drug-likeness (QED) is 0.546. The third-order valence-electron chi connectivity index (χ3n) is 5.28. The number of benzene rings is 1. The molecule has 0 saturated carbocycles. The minimum absolute atomic E-state index is 0.0286. The molecule has 2 aliphatic rings. The van der Waals surface area contributed by atoms with Gasteiger partial charge in [-0.15, -0.1) is 0 Å². The van der Waals surface area contributed by atoms with Crippen LogP contribution >= 0.6 is 0 Å². The molecular formula is C21H23F3N4O4. The molecule has 0 spiro atoms. The van der Waals surface area contributed by atoms with Crippen LogP contribution in [0.25, 0.3) is 0 Å². The van der Waals surface area contributed by atoms with E-state index >= 15 is 0 Å². The standard InChI is InChI=1S/C21H23F3N4O4/c1-26-7-9-27(10-8-26)13-15-3-5-16(12-17(15)21(22,23)24)25-20(29)14-4-6-19(32-2)18(11-14)28(30)31/h3-6,11-13,17H,7-10H2,1-2H3,(H,25,29). The van der Waals surface area contributed by atoms with Gasteiger partial charge in [0.15, 0.2) is 5.75 Å². The Kier molecular flexibility index (Phi) is 6.87. The molecule has 1 unspecified atom stereocenters. The van der Waals surface area contributed by atoms with Gasteiger partial charge < -0.3 is 19.9 Å². The Bertz CT molecular complexity index is 980. The fourth-order valence-electron chi connectivity index (χ4n) is 3.45. The Morgan fingerprint density at radius 1 is 1.25 bits per heavy atom. The number of nitrogens with one attached hydrogen (secondary N) is 1. The van der Waals surface area contributed by atoms with Crippen molar-refractivity contribution in [1.29, 1.82) is 0 Å². The number of hydrogen-bond acceptors (Lipinski definition) is 6. The highest BCUT2D eigenvalue weighted by Gasteiger charge is 2.41. The van der Waals surface area contributed by atoms with Crippen molar-refractivity contribution in [3.8, 4) is 5.75 Å². The Hall–Kier alpha value is -3.34. The second-order valence-electron chi connectivity index (χ2n) is 7.54. The molecule has 1 amide bonds. The molecule has 8 nitrogen and oxygen atoms in total. The summed E-state index contributed by atoms with van der Waals surface area (Å²) in [5.41, 5.74) is -0.445. The Morgan fingerprint density at radius 2 is 1.94 bits per heavy atom. The predicted octanol–water partition coefficient (Wildman–Crippen LogP) is 3.10. The summed E-state index contributed by atoms with van der Waals surface area (Å²) in [6.07, 6.45) is 0.641. The van der Waals surface area contributed by atoms with E-state index in [-0.39, 0.29) is 22.6 Å².